The highest BCUT2D eigenvalue weighted by Gasteiger charge is 2.24. The predicted molar refractivity (Wildman–Crippen MR) is 110 cm³/mol. The second-order valence-corrected chi connectivity index (χ2v) is 6.75. The van der Waals surface area contributed by atoms with E-state index in [1.807, 2.05) is 0 Å². The number of nitrogens with zero attached hydrogens (tertiary/aromatic N) is 1. The van der Waals surface area contributed by atoms with Gasteiger partial charge in [0.25, 0.3) is 5.91 Å². The SMILES string of the molecule is C/C(N)=C(\C(=O)NC(C)(C)C=O)c1cc(OCc2ccc(F)cc2F)ccn1.CN. The van der Waals surface area contributed by atoms with E-state index in [0.717, 1.165) is 12.1 Å². The average Bonchev–Trinajstić information content (AvgIpc) is 2.68. The van der Waals surface area contributed by atoms with Gasteiger partial charge in [-0.05, 0) is 46.0 Å². The lowest BCUT2D eigenvalue weighted by Crippen LogP contribution is -2.45. The number of rotatable bonds is 7. The number of carbonyl (C=O) groups excluding carboxylic acids is 2. The fraction of sp³-hybridized carbons (Fsp3) is 0.286. The van der Waals surface area contributed by atoms with Crippen molar-refractivity contribution in [3.05, 3.63) is 65.1 Å². The monoisotopic (exact) mass is 420 g/mol. The third kappa shape index (κ3) is 6.93. The van der Waals surface area contributed by atoms with E-state index in [4.69, 9.17) is 10.5 Å². The van der Waals surface area contributed by atoms with Crippen LogP contribution in [0, 0.1) is 11.6 Å². The zero-order chi connectivity index (χ0) is 22.9. The van der Waals surface area contributed by atoms with Crippen molar-refractivity contribution in [2.24, 2.45) is 11.5 Å². The van der Waals surface area contributed by atoms with Gasteiger partial charge in [-0.3, -0.25) is 9.78 Å². The quantitative estimate of drug-likeness (QED) is 0.467. The number of amides is 1. The first-order valence-electron chi connectivity index (χ1n) is 8.99. The van der Waals surface area contributed by atoms with Gasteiger partial charge in [0.1, 0.15) is 30.3 Å². The molecule has 2 rings (SSSR count). The smallest absolute Gasteiger partial charge is 0.255 e. The van der Waals surface area contributed by atoms with Crippen molar-refractivity contribution in [3.63, 3.8) is 0 Å². The highest BCUT2D eigenvalue weighted by atomic mass is 19.1. The van der Waals surface area contributed by atoms with E-state index in [9.17, 15) is 18.4 Å². The van der Waals surface area contributed by atoms with Gasteiger partial charge in [-0.15, -0.1) is 0 Å². The molecule has 30 heavy (non-hydrogen) atoms. The number of halogens is 2. The van der Waals surface area contributed by atoms with Gasteiger partial charge in [-0.25, -0.2) is 8.78 Å². The van der Waals surface area contributed by atoms with E-state index in [-0.39, 0.29) is 29.1 Å². The highest BCUT2D eigenvalue weighted by molar-refractivity contribution is 6.20. The van der Waals surface area contributed by atoms with Gasteiger partial charge in [0, 0.05) is 29.6 Å². The van der Waals surface area contributed by atoms with Gasteiger partial charge in [0.05, 0.1) is 16.8 Å². The molecule has 162 valence electrons. The lowest BCUT2D eigenvalue weighted by molar-refractivity contribution is -0.121. The molecule has 0 aliphatic heterocycles. The molecule has 0 aliphatic rings. The Morgan fingerprint density at radius 3 is 2.47 bits per heavy atom. The first-order chi connectivity index (χ1) is 14.1. The third-order valence-corrected chi connectivity index (χ3v) is 3.75. The number of allylic oxidation sites excluding steroid dienone is 1. The van der Waals surface area contributed by atoms with Crippen LogP contribution in [-0.4, -0.2) is 29.8 Å². The van der Waals surface area contributed by atoms with Crippen molar-refractivity contribution in [2.75, 3.05) is 7.05 Å². The Hall–Kier alpha value is -3.33. The molecule has 0 atom stereocenters. The second kappa shape index (κ2) is 11.0. The van der Waals surface area contributed by atoms with Crippen LogP contribution in [0.3, 0.4) is 0 Å². The maximum Gasteiger partial charge on any atom is 0.255 e. The number of hydrogen-bond acceptors (Lipinski definition) is 6. The molecule has 7 nitrogen and oxygen atoms in total. The van der Waals surface area contributed by atoms with Crippen LogP contribution in [0.5, 0.6) is 5.75 Å². The topological polar surface area (TPSA) is 120 Å². The number of hydrogen-bond donors (Lipinski definition) is 3. The number of ether oxygens (including phenoxy) is 1. The first-order valence-corrected chi connectivity index (χ1v) is 8.99. The normalized spacial score (nSPS) is 11.6. The van der Waals surface area contributed by atoms with Gasteiger partial charge in [0.2, 0.25) is 0 Å². The number of aromatic nitrogens is 1. The summed E-state index contributed by atoms with van der Waals surface area (Å²) in [6.07, 6.45) is 2.02. The Morgan fingerprint density at radius 1 is 1.23 bits per heavy atom. The Balaban J connectivity index is 0.00000218. The summed E-state index contributed by atoms with van der Waals surface area (Å²) in [5, 5.41) is 2.57. The van der Waals surface area contributed by atoms with Crippen LogP contribution in [0.1, 0.15) is 32.0 Å². The van der Waals surface area contributed by atoms with Crippen molar-refractivity contribution in [1.82, 2.24) is 10.3 Å². The molecule has 1 amide bonds. The number of benzene rings is 1. The minimum Gasteiger partial charge on any atom is -0.489 e. The van der Waals surface area contributed by atoms with Crippen LogP contribution in [0.25, 0.3) is 5.57 Å². The molecule has 1 aromatic carbocycles. The van der Waals surface area contributed by atoms with Gasteiger partial charge in [-0.2, -0.15) is 0 Å². The Morgan fingerprint density at radius 2 is 1.90 bits per heavy atom. The summed E-state index contributed by atoms with van der Waals surface area (Å²) < 4.78 is 32.2. The lowest BCUT2D eigenvalue weighted by Gasteiger charge is -2.20. The molecule has 5 N–H and O–H groups in total. The van der Waals surface area contributed by atoms with Crippen molar-refractivity contribution in [1.29, 1.82) is 0 Å². The first kappa shape index (κ1) is 24.7. The van der Waals surface area contributed by atoms with Crippen LogP contribution in [0.2, 0.25) is 0 Å². The van der Waals surface area contributed by atoms with E-state index in [1.54, 1.807) is 13.8 Å². The molecule has 0 saturated carbocycles. The maximum atomic E-state index is 13.7. The molecule has 0 fully saturated rings. The van der Waals surface area contributed by atoms with Crippen molar-refractivity contribution in [3.8, 4) is 5.75 Å². The van der Waals surface area contributed by atoms with Crippen molar-refractivity contribution >= 4 is 17.8 Å². The largest absolute Gasteiger partial charge is 0.489 e. The van der Waals surface area contributed by atoms with E-state index in [2.05, 4.69) is 16.0 Å². The van der Waals surface area contributed by atoms with E-state index in [1.165, 1.54) is 38.4 Å². The molecule has 9 heteroatoms. The Kier molecular flexibility index (Phi) is 9.07. The van der Waals surface area contributed by atoms with Gasteiger partial charge in [-0.1, -0.05) is 0 Å². The molecular weight excluding hydrogens is 394 g/mol. The molecule has 0 spiro atoms. The lowest BCUT2D eigenvalue weighted by atomic mass is 10.0. The summed E-state index contributed by atoms with van der Waals surface area (Å²) in [6.45, 7) is 4.49. The predicted octanol–water partition coefficient (Wildman–Crippen LogP) is 2.30. The zero-order valence-corrected chi connectivity index (χ0v) is 17.3. The molecule has 0 unspecified atom stereocenters. The number of nitrogens with two attached hydrogens (primary N) is 2. The number of nitrogens with one attached hydrogen (secondary N) is 1. The third-order valence-electron chi connectivity index (χ3n) is 3.75. The van der Waals surface area contributed by atoms with Crippen LogP contribution < -0.4 is 21.5 Å². The molecule has 2 aromatic rings. The van der Waals surface area contributed by atoms with Gasteiger partial charge in [0.15, 0.2) is 0 Å². The van der Waals surface area contributed by atoms with Crippen molar-refractivity contribution < 1.29 is 23.1 Å². The van der Waals surface area contributed by atoms with Crippen LogP contribution in [-0.2, 0) is 16.2 Å². The summed E-state index contributed by atoms with van der Waals surface area (Å²) in [6, 6.07) is 6.20. The minimum atomic E-state index is -1.08. The summed E-state index contributed by atoms with van der Waals surface area (Å²) in [4.78, 5) is 27.7. The number of pyridine rings is 1. The molecular formula is C21H26F2N4O3. The number of carbonyl (C=O) groups is 2. The highest BCUT2D eigenvalue weighted by Crippen LogP contribution is 2.22. The molecule has 1 aromatic heterocycles. The maximum absolute atomic E-state index is 13.7. The summed E-state index contributed by atoms with van der Waals surface area (Å²) >= 11 is 0. The zero-order valence-electron chi connectivity index (χ0n) is 17.3. The van der Waals surface area contributed by atoms with Crippen molar-refractivity contribution in [2.45, 2.75) is 32.9 Å². The summed E-state index contributed by atoms with van der Waals surface area (Å²) in [5.41, 5.74) is 9.97. The standard InChI is InChI=1S/C20H21F2N3O3.CH5N/c1-12(23)18(19(27)25-20(2,3)11-26)17-9-15(6-7-24-17)28-10-13-4-5-14(21)8-16(13)22;1-2/h4-9,11H,10,23H2,1-3H3,(H,25,27);2H2,1H3/b18-12+;. The molecule has 0 bridgehead atoms. The van der Waals surface area contributed by atoms with E-state index in [0.29, 0.717) is 12.0 Å². The molecule has 0 radical (unpaired) electrons. The van der Waals surface area contributed by atoms with Crippen LogP contribution >= 0.6 is 0 Å². The Labute approximate surface area is 174 Å². The van der Waals surface area contributed by atoms with Crippen LogP contribution in [0.4, 0.5) is 8.78 Å². The van der Waals surface area contributed by atoms with Gasteiger partial charge < -0.3 is 26.3 Å². The van der Waals surface area contributed by atoms with E-state index < -0.39 is 23.1 Å². The second-order valence-electron chi connectivity index (χ2n) is 6.75. The van der Waals surface area contributed by atoms with Gasteiger partial charge >= 0.3 is 0 Å². The minimum absolute atomic E-state index is 0.0911. The fourth-order valence-corrected chi connectivity index (χ4v) is 2.32. The van der Waals surface area contributed by atoms with E-state index >= 15 is 0 Å². The average molecular weight is 420 g/mol. The Bertz CT molecular complexity index is 926. The fourth-order valence-electron chi connectivity index (χ4n) is 2.32. The summed E-state index contributed by atoms with van der Waals surface area (Å²) in [7, 11) is 1.50. The number of aldehydes is 1. The van der Waals surface area contributed by atoms with Crippen LogP contribution in [0.15, 0.2) is 42.2 Å². The molecule has 0 saturated heterocycles. The molecule has 0 aliphatic carbocycles. The summed E-state index contributed by atoms with van der Waals surface area (Å²) in [5.74, 6) is -1.64. The molecule has 1 heterocycles.